The lowest BCUT2D eigenvalue weighted by atomic mass is 10.0. The summed E-state index contributed by atoms with van der Waals surface area (Å²) in [5.41, 5.74) is 0. The van der Waals surface area contributed by atoms with Crippen LogP contribution in [0.3, 0.4) is 0 Å². The molecule has 0 amide bonds. The molecule has 0 N–H and O–H groups in total. The summed E-state index contributed by atoms with van der Waals surface area (Å²) in [6, 6.07) is 0. The minimum Gasteiger partial charge on any atom is -0.608 e. The van der Waals surface area contributed by atoms with E-state index in [0.717, 1.165) is 0 Å². The van der Waals surface area contributed by atoms with Crippen LogP contribution in [0.25, 0.3) is 0 Å². The Morgan fingerprint density at radius 2 is 2.14 bits per heavy atom. The van der Waals surface area contributed by atoms with E-state index in [-0.39, 0.29) is 0 Å². The zero-order valence-electron chi connectivity index (χ0n) is 3.89. The average molecular weight is 230 g/mol. The van der Waals surface area contributed by atoms with E-state index >= 15 is 0 Å². The average Bonchev–Trinajstić information content (AvgIpc) is 1.23. The van der Waals surface area contributed by atoms with Gasteiger partial charge in [-0.2, -0.15) is 0 Å². The van der Waals surface area contributed by atoms with Gasteiger partial charge in [0.25, 0.3) is 0 Å². The molecule has 3 heteroatoms. The number of halogens is 1. The van der Waals surface area contributed by atoms with Crippen molar-refractivity contribution in [1.82, 2.24) is 0 Å². The van der Waals surface area contributed by atoms with Crippen LogP contribution in [0.1, 0.15) is 19.3 Å². The van der Waals surface area contributed by atoms with E-state index in [1.54, 1.807) is 0 Å². The van der Waals surface area contributed by atoms with Crippen molar-refractivity contribution in [3.8, 4) is 0 Å². The van der Waals surface area contributed by atoms with E-state index in [4.69, 9.17) is 0 Å². The predicted octanol–water partition coefficient (Wildman–Crippen LogP) is 1.64. The van der Waals surface area contributed by atoms with Gasteiger partial charge >= 0.3 is 0 Å². The first kappa shape index (κ1) is 6.16. The third kappa shape index (κ3) is 1.47. The molecular weight excluding hydrogens is 223 g/mol. The number of hydrogen-bond donors (Lipinski definition) is 0. The molecule has 7 heavy (non-hydrogen) atoms. The van der Waals surface area contributed by atoms with Gasteiger partial charge in [-0.3, -0.25) is 0 Å². The molecule has 0 aromatic carbocycles. The second-order valence-electron chi connectivity index (χ2n) is 1.80. The van der Waals surface area contributed by atoms with Crippen molar-refractivity contribution in [2.75, 3.05) is 0 Å². The SMILES string of the molecule is [O-][S+](I)C1CCC1. The van der Waals surface area contributed by atoms with Crippen LogP contribution in [-0.2, 0) is 8.35 Å². The molecule has 0 aromatic rings. The Balaban J connectivity index is 2.14. The second kappa shape index (κ2) is 2.55. The Hall–Kier alpha value is 1.04. The van der Waals surface area contributed by atoms with Crippen molar-refractivity contribution in [3.05, 3.63) is 0 Å². The van der Waals surface area contributed by atoms with Gasteiger partial charge in [0, 0.05) is 8.35 Å². The third-order valence-corrected chi connectivity index (χ3v) is 4.47. The minimum absolute atomic E-state index is 0.542. The van der Waals surface area contributed by atoms with Gasteiger partial charge < -0.3 is 4.55 Å². The Kier molecular flexibility index (Phi) is 2.24. The zero-order chi connectivity index (χ0) is 5.28. The summed E-state index contributed by atoms with van der Waals surface area (Å²) < 4.78 is 10.5. The lowest BCUT2D eigenvalue weighted by Gasteiger charge is -2.23. The van der Waals surface area contributed by atoms with Gasteiger partial charge in [0.1, 0.15) is 5.25 Å². The zero-order valence-corrected chi connectivity index (χ0v) is 6.87. The molecule has 42 valence electrons. The second-order valence-corrected chi connectivity index (χ2v) is 5.57. The highest BCUT2D eigenvalue weighted by Gasteiger charge is 2.27. The summed E-state index contributed by atoms with van der Waals surface area (Å²) in [7, 11) is -0.554. The lowest BCUT2D eigenvalue weighted by molar-refractivity contribution is 0.487. The van der Waals surface area contributed by atoms with Crippen molar-refractivity contribution in [3.63, 3.8) is 0 Å². The molecule has 0 radical (unpaired) electrons. The molecule has 1 rings (SSSR count). The molecule has 0 saturated heterocycles. The lowest BCUT2D eigenvalue weighted by Crippen LogP contribution is -2.23. The number of hydrogen-bond acceptors (Lipinski definition) is 1. The van der Waals surface area contributed by atoms with Gasteiger partial charge in [-0.15, -0.1) is 0 Å². The summed E-state index contributed by atoms with van der Waals surface area (Å²) in [6.07, 6.45) is 3.67. The summed E-state index contributed by atoms with van der Waals surface area (Å²) in [5.74, 6) is 0. The summed E-state index contributed by atoms with van der Waals surface area (Å²) in [4.78, 5) is 0. The fraction of sp³-hybridized carbons (Fsp3) is 1.00. The van der Waals surface area contributed by atoms with Crippen LogP contribution in [0.15, 0.2) is 0 Å². The molecule has 1 unspecified atom stereocenters. The molecule has 1 aliphatic carbocycles. The molecule has 0 aliphatic heterocycles. The van der Waals surface area contributed by atoms with Crippen molar-refractivity contribution in [2.24, 2.45) is 0 Å². The Morgan fingerprint density at radius 3 is 2.14 bits per heavy atom. The predicted molar refractivity (Wildman–Crippen MR) is 39.8 cm³/mol. The van der Waals surface area contributed by atoms with Crippen molar-refractivity contribution in [1.29, 1.82) is 0 Å². The molecule has 1 saturated carbocycles. The van der Waals surface area contributed by atoms with E-state index in [1.165, 1.54) is 19.3 Å². The highest BCUT2D eigenvalue weighted by molar-refractivity contribution is 14.2. The fourth-order valence-corrected chi connectivity index (χ4v) is 2.79. The fourth-order valence-electron chi connectivity index (χ4n) is 0.556. The molecule has 0 bridgehead atoms. The van der Waals surface area contributed by atoms with Crippen LogP contribution in [0.4, 0.5) is 0 Å². The molecule has 1 nitrogen and oxygen atoms in total. The highest BCUT2D eigenvalue weighted by atomic mass is 127. The van der Waals surface area contributed by atoms with Gasteiger partial charge in [-0.05, 0) is 19.3 Å². The van der Waals surface area contributed by atoms with Crippen LogP contribution < -0.4 is 0 Å². The van der Waals surface area contributed by atoms with Gasteiger partial charge in [-0.1, -0.05) is 0 Å². The Bertz CT molecular complexity index is 62.7. The van der Waals surface area contributed by atoms with Crippen LogP contribution in [0, 0.1) is 0 Å². The maximum Gasteiger partial charge on any atom is 0.248 e. The summed E-state index contributed by atoms with van der Waals surface area (Å²) >= 11 is 1.99. The Labute approximate surface area is 58.6 Å². The van der Waals surface area contributed by atoms with Crippen molar-refractivity contribution in [2.45, 2.75) is 24.5 Å². The van der Waals surface area contributed by atoms with Crippen LogP contribution in [0.2, 0.25) is 0 Å². The smallest absolute Gasteiger partial charge is 0.248 e. The quantitative estimate of drug-likeness (QED) is 0.496. The standard InChI is InChI=1S/C4H7IOS/c5-7(6)4-2-1-3-4/h4H,1-3H2. The molecule has 0 spiro atoms. The van der Waals surface area contributed by atoms with Crippen molar-refractivity contribution >= 4 is 29.6 Å². The summed E-state index contributed by atoms with van der Waals surface area (Å²) in [5, 5.41) is 0.542. The van der Waals surface area contributed by atoms with E-state index in [2.05, 4.69) is 0 Å². The van der Waals surface area contributed by atoms with Crippen LogP contribution in [-0.4, -0.2) is 9.80 Å². The van der Waals surface area contributed by atoms with Gasteiger partial charge in [0.15, 0.2) is 0 Å². The van der Waals surface area contributed by atoms with Gasteiger partial charge in [0.05, 0.1) is 0 Å². The third-order valence-electron chi connectivity index (χ3n) is 1.31. The molecule has 1 atom stereocenters. The molecule has 0 aromatic heterocycles. The Morgan fingerprint density at radius 1 is 1.57 bits per heavy atom. The first-order chi connectivity index (χ1) is 3.30. The van der Waals surface area contributed by atoms with E-state index in [9.17, 15) is 4.55 Å². The molecular formula is C4H7IOS. The molecule has 1 aliphatic rings. The first-order valence-corrected chi connectivity index (χ1v) is 6.13. The summed E-state index contributed by atoms with van der Waals surface area (Å²) in [6.45, 7) is 0. The topological polar surface area (TPSA) is 23.1 Å². The molecule has 0 heterocycles. The molecule has 1 fully saturated rings. The van der Waals surface area contributed by atoms with Gasteiger partial charge in [0.2, 0.25) is 21.2 Å². The number of rotatable bonds is 1. The van der Waals surface area contributed by atoms with E-state index in [1.807, 2.05) is 21.2 Å². The normalized spacial score (nSPS) is 26.6. The van der Waals surface area contributed by atoms with Gasteiger partial charge in [-0.25, -0.2) is 0 Å². The maximum atomic E-state index is 10.5. The van der Waals surface area contributed by atoms with E-state index < -0.39 is 8.35 Å². The minimum atomic E-state index is -0.554. The van der Waals surface area contributed by atoms with E-state index in [0.29, 0.717) is 5.25 Å². The maximum absolute atomic E-state index is 10.5. The van der Waals surface area contributed by atoms with Crippen LogP contribution in [0.5, 0.6) is 0 Å². The first-order valence-electron chi connectivity index (χ1n) is 2.37. The van der Waals surface area contributed by atoms with Crippen molar-refractivity contribution < 1.29 is 4.55 Å². The monoisotopic (exact) mass is 230 g/mol. The largest absolute Gasteiger partial charge is 0.608 e. The van der Waals surface area contributed by atoms with Crippen LogP contribution >= 0.6 is 21.2 Å². The highest BCUT2D eigenvalue weighted by Crippen LogP contribution is 2.29.